The van der Waals surface area contributed by atoms with E-state index in [2.05, 4.69) is 54.1 Å². The molecular weight excluding hydrogens is 258 g/mol. The average molecular weight is 277 g/mol. The Morgan fingerprint density at radius 1 is 1.05 bits per heavy atom. The molecule has 0 bridgehead atoms. The normalized spacial score (nSPS) is 16.3. The van der Waals surface area contributed by atoms with E-state index in [0.717, 1.165) is 30.6 Å². The molecule has 1 heterocycles. The molecule has 2 aromatic carbocycles. The van der Waals surface area contributed by atoms with Gasteiger partial charge in [0.15, 0.2) is 0 Å². The summed E-state index contributed by atoms with van der Waals surface area (Å²) in [6.45, 7) is 0. The zero-order chi connectivity index (χ0) is 14.4. The third-order valence-electron chi connectivity index (χ3n) is 4.59. The maximum Gasteiger partial charge on any atom is 0.111 e. The molecule has 0 spiro atoms. The molecule has 3 nitrogen and oxygen atoms in total. The molecule has 4 rings (SSSR count). The van der Waals surface area contributed by atoms with E-state index in [9.17, 15) is 0 Å². The first-order valence-corrected chi connectivity index (χ1v) is 7.41. The Hall–Kier alpha value is -2.13. The van der Waals surface area contributed by atoms with Crippen LogP contribution < -0.4 is 5.73 Å². The lowest BCUT2D eigenvalue weighted by Crippen LogP contribution is -2.43. The van der Waals surface area contributed by atoms with Crippen LogP contribution in [0.1, 0.15) is 17.0 Å². The van der Waals surface area contributed by atoms with E-state index in [0.29, 0.717) is 0 Å². The van der Waals surface area contributed by atoms with Gasteiger partial charge in [-0.15, -0.1) is 0 Å². The molecule has 1 aliphatic carbocycles. The Balaban J connectivity index is 1.68. The lowest BCUT2D eigenvalue weighted by Gasteiger charge is -2.23. The summed E-state index contributed by atoms with van der Waals surface area (Å²) in [5.74, 6) is 1.08. The van der Waals surface area contributed by atoms with E-state index in [-0.39, 0.29) is 5.54 Å². The van der Waals surface area contributed by atoms with Crippen LogP contribution in [0.2, 0.25) is 0 Å². The monoisotopic (exact) mass is 277 g/mol. The highest BCUT2D eigenvalue weighted by Crippen LogP contribution is 2.31. The van der Waals surface area contributed by atoms with Crippen molar-refractivity contribution in [3.05, 3.63) is 65.5 Å². The second-order valence-electron chi connectivity index (χ2n) is 6.24. The fraction of sp³-hybridized carbons (Fsp3) is 0.278. The molecule has 106 valence electrons. The Morgan fingerprint density at radius 2 is 1.67 bits per heavy atom. The minimum atomic E-state index is -0.210. The van der Waals surface area contributed by atoms with E-state index in [1.165, 1.54) is 16.6 Å². The molecule has 3 aromatic rings. The van der Waals surface area contributed by atoms with Crippen LogP contribution in [-0.4, -0.2) is 15.1 Å². The maximum absolute atomic E-state index is 6.68. The van der Waals surface area contributed by atoms with Crippen molar-refractivity contribution in [1.29, 1.82) is 0 Å². The number of hydrogen-bond acceptors (Lipinski definition) is 2. The molecular formula is C18H19N3. The highest BCUT2D eigenvalue weighted by molar-refractivity contribution is 5.75. The molecule has 0 saturated heterocycles. The first-order chi connectivity index (χ1) is 10.1. The van der Waals surface area contributed by atoms with Gasteiger partial charge in [0, 0.05) is 19.0 Å². The van der Waals surface area contributed by atoms with E-state index in [1.807, 2.05) is 6.07 Å². The van der Waals surface area contributed by atoms with Crippen LogP contribution in [0.15, 0.2) is 48.5 Å². The van der Waals surface area contributed by atoms with Crippen LogP contribution in [-0.2, 0) is 26.3 Å². The number of rotatable bonds is 2. The largest absolute Gasteiger partial charge is 0.331 e. The van der Waals surface area contributed by atoms with Gasteiger partial charge in [-0.05, 0) is 36.1 Å². The van der Waals surface area contributed by atoms with Crippen molar-refractivity contribution in [2.24, 2.45) is 12.8 Å². The van der Waals surface area contributed by atoms with Gasteiger partial charge >= 0.3 is 0 Å². The topological polar surface area (TPSA) is 43.8 Å². The molecule has 1 aliphatic rings. The number of imidazole rings is 1. The number of fused-ring (bicyclic) bond motifs is 2. The summed E-state index contributed by atoms with van der Waals surface area (Å²) in [5.41, 5.74) is 11.5. The van der Waals surface area contributed by atoms with Crippen molar-refractivity contribution < 1.29 is 0 Å². The van der Waals surface area contributed by atoms with E-state index in [4.69, 9.17) is 10.7 Å². The van der Waals surface area contributed by atoms with Gasteiger partial charge in [0.1, 0.15) is 5.82 Å². The van der Waals surface area contributed by atoms with Crippen LogP contribution in [0.3, 0.4) is 0 Å². The number of hydrogen-bond donors (Lipinski definition) is 1. The Kier molecular flexibility index (Phi) is 2.66. The standard InChI is InChI=1S/C18H19N3/c1-21-16-9-5-4-8-15(16)20-17(21)12-18(19)10-13-6-2-3-7-14(13)11-18/h2-9H,10-12,19H2,1H3. The van der Waals surface area contributed by atoms with Gasteiger partial charge in [0.25, 0.3) is 0 Å². The van der Waals surface area contributed by atoms with Crippen molar-refractivity contribution in [3.8, 4) is 0 Å². The first-order valence-electron chi connectivity index (χ1n) is 7.41. The second-order valence-corrected chi connectivity index (χ2v) is 6.24. The average Bonchev–Trinajstić information content (AvgIpc) is 2.97. The predicted molar refractivity (Wildman–Crippen MR) is 85.2 cm³/mol. The molecule has 0 saturated carbocycles. The third-order valence-corrected chi connectivity index (χ3v) is 4.59. The summed E-state index contributed by atoms with van der Waals surface area (Å²) in [6, 6.07) is 16.8. The highest BCUT2D eigenvalue weighted by atomic mass is 15.1. The van der Waals surface area contributed by atoms with Gasteiger partial charge < -0.3 is 10.3 Å². The maximum atomic E-state index is 6.68. The Bertz CT molecular complexity index is 791. The van der Waals surface area contributed by atoms with Crippen LogP contribution >= 0.6 is 0 Å². The molecule has 0 fully saturated rings. The van der Waals surface area contributed by atoms with Gasteiger partial charge in [-0.25, -0.2) is 4.98 Å². The van der Waals surface area contributed by atoms with Gasteiger partial charge in [0.2, 0.25) is 0 Å². The van der Waals surface area contributed by atoms with Crippen LogP contribution in [0, 0.1) is 0 Å². The fourth-order valence-corrected chi connectivity index (χ4v) is 3.52. The Morgan fingerprint density at radius 3 is 2.33 bits per heavy atom. The summed E-state index contributed by atoms with van der Waals surface area (Å²) >= 11 is 0. The number of nitrogens with zero attached hydrogens (tertiary/aromatic N) is 2. The minimum Gasteiger partial charge on any atom is -0.331 e. The summed E-state index contributed by atoms with van der Waals surface area (Å²) < 4.78 is 2.17. The number of para-hydroxylation sites is 2. The lowest BCUT2D eigenvalue weighted by molar-refractivity contribution is 0.431. The molecule has 0 radical (unpaired) electrons. The van der Waals surface area contributed by atoms with Crippen molar-refractivity contribution in [2.75, 3.05) is 0 Å². The van der Waals surface area contributed by atoms with Crippen LogP contribution in [0.5, 0.6) is 0 Å². The molecule has 0 atom stereocenters. The molecule has 0 amide bonds. The fourth-order valence-electron chi connectivity index (χ4n) is 3.52. The number of nitrogens with two attached hydrogens (primary N) is 1. The van der Waals surface area contributed by atoms with E-state index >= 15 is 0 Å². The van der Waals surface area contributed by atoms with Crippen LogP contribution in [0.25, 0.3) is 11.0 Å². The number of aromatic nitrogens is 2. The van der Waals surface area contributed by atoms with Crippen molar-refractivity contribution in [3.63, 3.8) is 0 Å². The second kappa shape index (κ2) is 4.43. The summed E-state index contributed by atoms with van der Waals surface area (Å²) in [6.07, 6.45) is 2.69. The lowest BCUT2D eigenvalue weighted by atomic mass is 9.92. The summed E-state index contributed by atoms with van der Waals surface area (Å²) in [5, 5.41) is 0. The highest BCUT2D eigenvalue weighted by Gasteiger charge is 2.34. The van der Waals surface area contributed by atoms with Gasteiger partial charge in [-0.1, -0.05) is 36.4 Å². The number of benzene rings is 2. The quantitative estimate of drug-likeness (QED) is 0.782. The third kappa shape index (κ3) is 2.05. The van der Waals surface area contributed by atoms with Gasteiger partial charge in [-0.3, -0.25) is 0 Å². The van der Waals surface area contributed by atoms with Crippen molar-refractivity contribution in [1.82, 2.24) is 9.55 Å². The van der Waals surface area contributed by atoms with E-state index in [1.54, 1.807) is 0 Å². The predicted octanol–water partition coefficient (Wildman–Crippen LogP) is 2.61. The molecule has 0 aliphatic heterocycles. The Labute approximate surface area is 124 Å². The number of aryl methyl sites for hydroxylation is 1. The zero-order valence-electron chi connectivity index (χ0n) is 12.2. The summed E-state index contributed by atoms with van der Waals surface area (Å²) in [7, 11) is 2.08. The molecule has 2 N–H and O–H groups in total. The smallest absolute Gasteiger partial charge is 0.111 e. The molecule has 21 heavy (non-hydrogen) atoms. The van der Waals surface area contributed by atoms with E-state index < -0.39 is 0 Å². The molecule has 3 heteroatoms. The zero-order valence-corrected chi connectivity index (χ0v) is 12.2. The minimum absolute atomic E-state index is 0.210. The van der Waals surface area contributed by atoms with Gasteiger partial charge in [-0.2, -0.15) is 0 Å². The van der Waals surface area contributed by atoms with Crippen LogP contribution in [0.4, 0.5) is 0 Å². The first kappa shape index (κ1) is 12.6. The van der Waals surface area contributed by atoms with Crippen molar-refractivity contribution >= 4 is 11.0 Å². The SMILES string of the molecule is Cn1c(CC2(N)Cc3ccccc3C2)nc2ccccc21. The summed E-state index contributed by atoms with van der Waals surface area (Å²) in [4.78, 5) is 4.77. The molecule has 1 aromatic heterocycles. The molecule has 0 unspecified atom stereocenters. The van der Waals surface area contributed by atoms with Crippen molar-refractivity contribution in [2.45, 2.75) is 24.8 Å². The van der Waals surface area contributed by atoms with Gasteiger partial charge in [0.05, 0.1) is 11.0 Å².